The Morgan fingerprint density at radius 2 is 2.31 bits per heavy atom. The zero-order valence-corrected chi connectivity index (χ0v) is 6.54. The van der Waals surface area contributed by atoms with Gasteiger partial charge in [0.1, 0.15) is 5.75 Å². The third kappa shape index (κ3) is 2.12. The molecule has 1 aromatic rings. The molecule has 0 unspecified atom stereocenters. The monoisotopic (exact) mass is 184 g/mol. The topological polar surface area (TPSA) is 56.9 Å². The quantitative estimate of drug-likeness (QED) is 0.762. The summed E-state index contributed by atoms with van der Waals surface area (Å²) in [6, 6.07) is 2.81. The van der Waals surface area contributed by atoms with Gasteiger partial charge in [0, 0.05) is 0 Å². The van der Waals surface area contributed by atoms with Crippen molar-refractivity contribution in [2.45, 2.75) is 12.8 Å². The maximum absolute atomic E-state index is 12.2. The Bertz CT molecular complexity index is 346. The summed E-state index contributed by atoms with van der Waals surface area (Å²) in [6.07, 6.45) is -1.87. The van der Waals surface area contributed by atoms with Crippen molar-refractivity contribution in [1.82, 2.24) is 4.98 Å². The lowest BCUT2D eigenvalue weighted by Crippen LogP contribution is -1.92. The van der Waals surface area contributed by atoms with Gasteiger partial charge in [0.2, 0.25) is 0 Å². The Morgan fingerprint density at radius 3 is 2.85 bits per heavy atom. The van der Waals surface area contributed by atoms with Crippen molar-refractivity contribution in [3.63, 3.8) is 0 Å². The minimum atomic E-state index is -2.75. The van der Waals surface area contributed by atoms with Crippen molar-refractivity contribution < 1.29 is 13.9 Å². The highest BCUT2D eigenvalue weighted by Crippen LogP contribution is 2.27. The minimum absolute atomic E-state index is 0.0417. The molecule has 68 valence electrons. The molecule has 0 fully saturated rings. The Kier molecular flexibility index (Phi) is 2.75. The van der Waals surface area contributed by atoms with Gasteiger partial charge in [-0.2, -0.15) is 5.26 Å². The van der Waals surface area contributed by atoms with E-state index in [1.165, 1.54) is 0 Å². The van der Waals surface area contributed by atoms with E-state index in [1.54, 1.807) is 6.07 Å². The van der Waals surface area contributed by atoms with Crippen LogP contribution in [-0.2, 0) is 6.42 Å². The number of alkyl halides is 2. The average molecular weight is 184 g/mol. The maximum Gasteiger partial charge on any atom is 0.267 e. The van der Waals surface area contributed by atoms with E-state index in [-0.39, 0.29) is 12.1 Å². The first-order valence-electron chi connectivity index (χ1n) is 3.48. The summed E-state index contributed by atoms with van der Waals surface area (Å²) < 4.78 is 24.4. The summed E-state index contributed by atoms with van der Waals surface area (Å²) in [6.45, 7) is 0. The molecule has 0 bridgehead atoms. The Labute approximate surface area is 73.3 Å². The normalized spacial score (nSPS) is 10.0. The van der Waals surface area contributed by atoms with E-state index < -0.39 is 17.7 Å². The zero-order chi connectivity index (χ0) is 9.84. The largest absolute Gasteiger partial charge is 0.506 e. The first-order valence-corrected chi connectivity index (χ1v) is 3.48. The Balaban J connectivity index is 3.05. The van der Waals surface area contributed by atoms with Crippen molar-refractivity contribution in [2.75, 3.05) is 0 Å². The smallest absolute Gasteiger partial charge is 0.267 e. The number of hydrogen-bond acceptors (Lipinski definition) is 3. The van der Waals surface area contributed by atoms with Crippen LogP contribution in [0.4, 0.5) is 8.78 Å². The van der Waals surface area contributed by atoms with Crippen LogP contribution in [0, 0.1) is 11.3 Å². The summed E-state index contributed by atoms with van der Waals surface area (Å²) in [5.74, 6) is -0.545. The van der Waals surface area contributed by atoms with Crippen molar-refractivity contribution in [3.05, 3.63) is 23.5 Å². The lowest BCUT2D eigenvalue weighted by molar-refractivity contribution is 0.147. The second-order valence-corrected chi connectivity index (χ2v) is 2.37. The fourth-order valence-corrected chi connectivity index (χ4v) is 0.862. The number of nitrogens with zero attached hydrogens (tertiary/aromatic N) is 2. The molecule has 0 saturated carbocycles. The minimum Gasteiger partial charge on any atom is -0.506 e. The second kappa shape index (κ2) is 3.81. The summed E-state index contributed by atoms with van der Waals surface area (Å²) in [4.78, 5) is 3.61. The van der Waals surface area contributed by atoms with E-state index >= 15 is 0 Å². The third-order valence-electron chi connectivity index (χ3n) is 1.47. The van der Waals surface area contributed by atoms with E-state index in [0.717, 1.165) is 12.3 Å². The number of pyridine rings is 1. The highest BCUT2D eigenvalue weighted by molar-refractivity contribution is 5.32. The lowest BCUT2D eigenvalue weighted by Gasteiger charge is -2.03. The van der Waals surface area contributed by atoms with Crippen LogP contribution in [0.25, 0.3) is 0 Å². The van der Waals surface area contributed by atoms with Crippen LogP contribution in [-0.4, -0.2) is 10.1 Å². The molecule has 1 aromatic heterocycles. The van der Waals surface area contributed by atoms with Crippen LogP contribution >= 0.6 is 0 Å². The molecule has 0 aliphatic heterocycles. The Hall–Kier alpha value is -1.70. The summed E-state index contributed by atoms with van der Waals surface area (Å²) >= 11 is 0. The number of aromatic nitrogens is 1. The van der Waals surface area contributed by atoms with Crippen LogP contribution in [0.2, 0.25) is 0 Å². The number of halogens is 2. The van der Waals surface area contributed by atoms with E-state index in [9.17, 15) is 8.78 Å². The molecule has 1 rings (SSSR count). The predicted octanol–water partition coefficient (Wildman–Crippen LogP) is 1.79. The van der Waals surface area contributed by atoms with Gasteiger partial charge in [0.05, 0.1) is 29.9 Å². The molecule has 0 aliphatic rings. The average Bonchev–Trinajstić information content (AvgIpc) is 2.08. The van der Waals surface area contributed by atoms with Crippen molar-refractivity contribution >= 4 is 0 Å². The second-order valence-electron chi connectivity index (χ2n) is 2.37. The van der Waals surface area contributed by atoms with Crippen molar-refractivity contribution in [1.29, 1.82) is 5.26 Å². The van der Waals surface area contributed by atoms with E-state index in [2.05, 4.69) is 4.98 Å². The highest BCUT2D eigenvalue weighted by Gasteiger charge is 2.13. The number of rotatable bonds is 2. The summed E-state index contributed by atoms with van der Waals surface area (Å²) in [7, 11) is 0. The van der Waals surface area contributed by atoms with Gasteiger partial charge in [-0.05, 0) is 6.07 Å². The van der Waals surface area contributed by atoms with Gasteiger partial charge in [0.25, 0.3) is 6.43 Å². The third-order valence-corrected chi connectivity index (χ3v) is 1.47. The molecule has 0 aromatic carbocycles. The van der Waals surface area contributed by atoms with Crippen molar-refractivity contribution in [3.8, 4) is 11.8 Å². The van der Waals surface area contributed by atoms with Crippen LogP contribution < -0.4 is 0 Å². The predicted molar refractivity (Wildman–Crippen MR) is 40.2 cm³/mol. The SMILES string of the molecule is N#CCc1cc(C(F)F)c(O)cn1. The molecule has 0 amide bonds. The van der Waals surface area contributed by atoms with Gasteiger partial charge in [-0.3, -0.25) is 4.98 Å². The molecule has 13 heavy (non-hydrogen) atoms. The Morgan fingerprint density at radius 1 is 1.62 bits per heavy atom. The van der Waals surface area contributed by atoms with E-state index in [1.807, 2.05) is 0 Å². The van der Waals surface area contributed by atoms with Gasteiger partial charge in [-0.15, -0.1) is 0 Å². The standard InChI is InChI=1S/C8H6F2N2O/c9-8(10)6-3-5(1-2-11)12-4-7(6)13/h3-4,8,13H,1H2. The fraction of sp³-hybridized carbons (Fsp3) is 0.250. The van der Waals surface area contributed by atoms with Crippen molar-refractivity contribution in [2.24, 2.45) is 0 Å². The zero-order valence-electron chi connectivity index (χ0n) is 6.54. The van der Waals surface area contributed by atoms with Gasteiger partial charge in [-0.1, -0.05) is 0 Å². The first-order chi connectivity index (χ1) is 6.15. The van der Waals surface area contributed by atoms with Gasteiger partial charge < -0.3 is 5.11 Å². The molecular weight excluding hydrogens is 178 g/mol. The molecule has 0 saturated heterocycles. The van der Waals surface area contributed by atoms with Gasteiger partial charge >= 0.3 is 0 Å². The fourth-order valence-electron chi connectivity index (χ4n) is 0.862. The molecule has 0 atom stereocenters. The van der Waals surface area contributed by atoms with E-state index in [0.29, 0.717) is 0 Å². The molecule has 5 heteroatoms. The molecule has 1 N–H and O–H groups in total. The highest BCUT2D eigenvalue weighted by atomic mass is 19.3. The number of aromatic hydroxyl groups is 1. The molecule has 0 aliphatic carbocycles. The van der Waals surface area contributed by atoms with Gasteiger partial charge in [-0.25, -0.2) is 8.78 Å². The van der Waals surface area contributed by atoms with Crippen LogP contribution in [0.3, 0.4) is 0 Å². The lowest BCUT2D eigenvalue weighted by atomic mass is 10.2. The van der Waals surface area contributed by atoms with Gasteiger partial charge in [0.15, 0.2) is 0 Å². The first kappa shape index (κ1) is 9.39. The summed E-state index contributed by atoms with van der Waals surface area (Å²) in [5, 5.41) is 17.2. The molecule has 0 spiro atoms. The van der Waals surface area contributed by atoms with Crippen LogP contribution in [0.5, 0.6) is 5.75 Å². The molecule has 1 heterocycles. The molecular formula is C8H6F2N2O. The van der Waals surface area contributed by atoms with Crippen LogP contribution in [0.1, 0.15) is 17.7 Å². The molecule has 0 radical (unpaired) electrons. The summed E-state index contributed by atoms with van der Waals surface area (Å²) in [5.41, 5.74) is -0.254. The number of nitriles is 1. The van der Waals surface area contributed by atoms with Crippen LogP contribution in [0.15, 0.2) is 12.3 Å². The number of hydrogen-bond donors (Lipinski definition) is 1. The molecule has 3 nitrogen and oxygen atoms in total. The maximum atomic E-state index is 12.2. The van der Waals surface area contributed by atoms with E-state index in [4.69, 9.17) is 10.4 Å².